The summed E-state index contributed by atoms with van der Waals surface area (Å²) in [4.78, 5) is 19.3. The average Bonchev–Trinajstić information content (AvgIpc) is 2.61. The summed E-state index contributed by atoms with van der Waals surface area (Å²) in [6.45, 7) is 5.56. The van der Waals surface area contributed by atoms with Crippen molar-refractivity contribution in [3.63, 3.8) is 0 Å². The molecule has 0 N–H and O–H groups in total. The van der Waals surface area contributed by atoms with Crippen LogP contribution in [0.5, 0.6) is 0 Å². The van der Waals surface area contributed by atoms with Gasteiger partial charge in [0.1, 0.15) is 11.9 Å². The summed E-state index contributed by atoms with van der Waals surface area (Å²) in [7, 11) is 0. The Morgan fingerprint density at radius 1 is 1.25 bits per heavy atom. The zero-order valence-corrected chi connectivity index (χ0v) is 14.1. The maximum Gasteiger partial charge on any atom is 0.166 e. The van der Waals surface area contributed by atoms with Gasteiger partial charge in [0, 0.05) is 30.8 Å². The second-order valence-corrected chi connectivity index (χ2v) is 6.43. The van der Waals surface area contributed by atoms with Gasteiger partial charge in [0.15, 0.2) is 5.78 Å². The molecule has 0 bridgehead atoms. The number of nitrogens with zero attached hydrogens (tertiary/aromatic N) is 3. The van der Waals surface area contributed by atoms with E-state index in [0.29, 0.717) is 5.56 Å². The summed E-state index contributed by atoms with van der Waals surface area (Å²) in [5.74, 6) is 1.03. The molecule has 0 saturated carbocycles. The fourth-order valence-corrected chi connectivity index (χ4v) is 3.40. The second-order valence-electron chi connectivity index (χ2n) is 6.43. The van der Waals surface area contributed by atoms with Crippen LogP contribution in [-0.4, -0.2) is 23.9 Å². The Labute approximate surface area is 142 Å². The van der Waals surface area contributed by atoms with Crippen LogP contribution in [0.1, 0.15) is 39.9 Å². The SMILES string of the molecule is Cc1ccc(C(=O)C2CCN(c3ncccc3C#N)CC2)c(C)c1. The minimum Gasteiger partial charge on any atom is -0.355 e. The molecule has 0 spiro atoms. The van der Waals surface area contributed by atoms with Crippen molar-refractivity contribution in [1.29, 1.82) is 5.26 Å². The lowest BCUT2D eigenvalue weighted by Gasteiger charge is -2.32. The Morgan fingerprint density at radius 3 is 2.67 bits per heavy atom. The highest BCUT2D eigenvalue weighted by Crippen LogP contribution is 2.27. The number of carbonyl (C=O) groups is 1. The highest BCUT2D eigenvalue weighted by atomic mass is 16.1. The van der Waals surface area contributed by atoms with Crippen LogP contribution in [-0.2, 0) is 0 Å². The number of aromatic nitrogens is 1. The first kappa shape index (κ1) is 16.2. The number of aryl methyl sites for hydroxylation is 2. The lowest BCUT2D eigenvalue weighted by atomic mass is 9.87. The molecule has 24 heavy (non-hydrogen) atoms. The van der Waals surface area contributed by atoms with Crippen LogP contribution >= 0.6 is 0 Å². The van der Waals surface area contributed by atoms with E-state index in [1.165, 1.54) is 5.56 Å². The van der Waals surface area contributed by atoms with Gasteiger partial charge in [0.25, 0.3) is 0 Å². The number of anilines is 1. The zero-order valence-electron chi connectivity index (χ0n) is 14.1. The van der Waals surface area contributed by atoms with Crippen molar-refractivity contribution in [3.05, 3.63) is 58.8 Å². The summed E-state index contributed by atoms with van der Waals surface area (Å²) >= 11 is 0. The molecule has 1 aliphatic heterocycles. The van der Waals surface area contributed by atoms with E-state index in [1.54, 1.807) is 18.3 Å². The van der Waals surface area contributed by atoms with E-state index in [9.17, 15) is 10.1 Å². The van der Waals surface area contributed by atoms with E-state index in [4.69, 9.17) is 0 Å². The minimum absolute atomic E-state index is 0.0527. The molecule has 1 aromatic heterocycles. The molecule has 4 nitrogen and oxygen atoms in total. The molecule has 2 aromatic rings. The standard InChI is InChI=1S/C20H21N3O/c1-14-5-6-18(15(2)12-14)19(24)16-7-10-23(11-8-16)20-17(13-21)4-3-9-22-20/h3-6,9,12,16H,7-8,10-11H2,1-2H3. The number of nitriles is 1. The third-order valence-corrected chi connectivity index (χ3v) is 4.72. The Kier molecular flexibility index (Phi) is 4.61. The Bertz CT molecular complexity index is 799. The van der Waals surface area contributed by atoms with E-state index >= 15 is 0 Å². The lowest BCUT2D eigenvalue weighted by molar-refractivity contribution is 0.0900. The van der Waals surface area contributed by atoms with Crippen molar-refractivity contribution in [2.75, 3.05) is 18.0 Å². The summed E-state index contributed by atoms with van der Waals surface area (Å²) in [5, 5.41) is 9.22. The first-order chi connectivity index (χ1) is 11.6. The molecular weight excluding hydrogens is 298 g/mol. The molecule has 3 rings (SSSR count). The number of ketones is 1. The highest BCUT2D eigenvalue weighted by Gasteiger charge is 2.27. The highest BCUT2D eigenvalue weighted by molar-refractivity contribution is 5.99. The zero-order chi connectivity index (χ0) is 17.1. The van der Waals surface area contributed by atoms with E-state index in [2.05, 4.69) is 22.0 Å². The van der Waals surface area contributed by atoms with E-state index in [1.807, 2.05) is 26.0 Å². The van der Waals surface area contributed by atoms with Gasteiger partial charge in [-0.3, -0.25) is 4.79 Å². The molecule has 0 aliphatic carbocycles. The van der Waals surface area contributed by atoms with Crippen LogP contribution in [0.15, 0.2) is 36.5 Å². The molecule has 122 valence electrons. The Morgan fingerprint density at radius 2 is 2.00 bits per heavy atom. The molecule has 0 unspecified atom stereocenters. The molecular formula is C20H21N3O. The van der Waals surface area contributed by atoms with Gasteiger partial charge >= 0.3 is 0 Å². The summed E-state index contributed by atoms with van der Waals surface area (Å²) in [6.07, 6.45) is 3.31. The Hall–Kier alpha value is -2.67. The quantitative estimate of drug-likeness (QED) is 0.810. The van der Waals surface area contributed by atoms with Gasteiger partial charge in [0.05, 0.1) is 5.56 Å². The van der Waals surface area contributed by atoms with Crippen molar-refractivity contribution in [2.45, 2.75) is 26.7 Å². The van der Waals surface area contributed by atoms with Crippen LogP contribution in [0.4, 0.5) is 5.82 Å². The van der Waals surface area contributed by atoms with Crippen molar-refractivity contribution in [3.8, 4) is 6.07 Å². The lowest BCUT2D eigenvalue weighted by Crippen LogP contribution is -2.37. The second kappa shape index (κ2) is 6.84. The molecule has 1 aromatic carbocycles. The molecule has 0 atom stereocenters. The molecule has 0 amide bonds. The maximum absolute atomic E-state index is 12.8. The van der Waals surface area contributed by atoms with Crippen molar-refractivity contribution in [2.24, 2.45) is 5.92 Å². The summed E-state index contributed by atoms with van der Waals surface area (Å²) in [6, 6.07) is 11.8. The summed E-state index contributed by atoms with van der Waals surface area (Å²) < 4.78 is 0. The normalized spacial score (nSPS) is 15.1. The average molecular weight is 319 g/mol. The first-order valence-corrected chi connectivity index (χ1v) is 8.31. The molecule has 1 fully saturated rings. The van der Waals surface area contributed by atoms with Gasteiger partial charge in [-0.05, 0) is 44.4 Å². The summed E-state index contributed by atoms with van der Waals surface area (Å²) in [5.41, 5.74) is 3.67. The number of carbonyl (C=O) groups excluding carboxylic acids is 1. The van der Waals surface area contributed by atoms with Crippen molar-refractivity contribution < 1.29 is 4.79 Å². The van der Waals surface area contributed by atoms with Crippen LogP contribution in [0.2, 0.25) is 0 Å². The van der Waals surface area contributed by atoms with Crippen LogP contribution < -0.4 is 4.90 Å². The number of pyridine rings is 1. The third-order valence-electron chi connectivity index (χ3n) is 4.72. The molecule has 0 radical (unpaired) electrons. The van der Waals surface area contributed by atoms with Gasteiger partial charge in [0.2, 0.25) is 0 Å². The van der Waals surface area contributed by atoms with Crippen LogP contribution in [0, 0.1) is 31.1 Å². The first-order valence-electron chi connectivity index (χ1n) is 8.31. The third kappa shape index (κ3) is 3.16. The monoisotopic (exact) mass is 319 g/mol. The number of rotatable bonds is 3. The predicted molar refractivity (Wildman–Crippen MR) is 94.1 cm³/mol. The maximum atomic E-state index is 12.8. The molecule has 4 heteroatoms. The smallest absolute Gasteiger partial charge is 0.166 e. The fourth-order valence-electron chi connectivity index (χ4n) is 3.40. The van der Waals surface area contributed by atoms with Crippen molar-refractivity contribution in [1.82, 2.24) is 4.98 Å². The van der Waals surface area contributed by atoms with Crippen LogP contribution in [0.25, 0.3) is 0 Å². The predicted octanol–water partition coefficient (Wildman–Crippen LogP) is 3.67. The fraction of sp³-hybridized carbons (Fsp3) is 0.350. The van der Waals surface area contributed by atoms with E-state index in [-0.39, 0.29) is 11.7 Å². The number of piperidine rings is 1. The number of hydrogen-bond donors (Lipinski definition) is 0. The van der Waals surface area contributed by atoms with E-state index in [0.717, 1.165) is 42.9 Å². The topological polar surface area (TPSA) is 57.0 Å². The van der Waals surface area contributed by atoms with Gasteiger partial charge in [-0.25, -0.2) is 4.98 Å². The van der Waals surface area contributed by atoms with Gasteiger partial charge < -0.3 is 4.90 Å². The van der Waals surface area contributed by atoms with Gasteiger partial charge in [-0.1, -0.05) is 23.8 Å². The van der Waals surface area contributed by atoms with Gasteiger partial charge in [-0.2, -0.15) is 5.26 Å². The van der Waals surface area contributed by atoms with Crippen LogP contribution in [0.3, 0.4) is 0 Å². The number of hydrogen-bond acceptors (Lipinski definition) is 4. The number of benzene rings is 1. The molecule has 1 saturated heterocycles. The largest absolute Gasteiger partial charge is 0.355 e. The molecule has 1 aliphatic rings. The van der Waals surface area contributed by atoms with Crippen molar-refractivity contribution >= 4 is 11.6 Å². The van der Waals surface area contributed by atoms with E-state index < -0.39 is 0 Å². The van der Waals surface area contributed by atoms with Gasteiger partial charge in [-0.15, -0.1) is 0 Å². The minimum atomic E-state index is 0.0527. The Balaban J connectivity index is 1.71. The number of Topliss-reactive ketones (excluding diaryl/α,β-unsaturated/α-hetero) is 1. The molecule has 2 heterocycles.